The van der Waals surface area contributed by atoms with Crippen LogP contribution in [0.5, 0.6) is 5.75 Å². The van der Waals surface area contributed by atoms with E-state index in [0.29, 0.717) is 11.3 Å². The Balaban J connectivity index is 1.70. The number of nitrogens with zero attached hydrogens (tertiary/aromatic N) is 3. The number of primary sulfonamides is 1. The third-order valence-electron chi connectivity index (χ3n) is 4.70. The maximum atomic E-state index is 11.5. The minimum absolute atomic E-state index is 0.0212. The highest BCUT2D eigenvalue weighted by atomic mass is 32.2. The first kappa shape index (κ1) is 21.2. The van der Waals surface area contributed by atoms with E-state index in [1.807, 2.05) is 60.7 Å². The molecule has 162 valence electrons. The minimum atomic E-state index is -4.09. The highest BCUT2D eigenvalue weighted by molar-refractivity contribution is 7.89. The number of rotatable bonds is 7. The second-order valence-electron chi connectivity index (χ2n) is 6.87. The Hall–Kier alpha value is -4.02. The van der Waals surface area contributed by atoms with Crippen molar-refractivity contribution in [1.82, 2.24) is 9.78 Å². The van der Waals surface area contributed by atoms with E-state index >= 15 is 0 Å². The fourth-order valence-electron chi connectivity index (χ4n) is 3.16. The summed E-state index contributed by atoms with van der Waals surface area (Å²) in [6.07, 6.45) is 1.79. The van der Waals surface area contributed by atoms with Gasteiger partial charge >= 0.3 is 5.69 Å². The van der Waals surface area contributed by atoms with Crippen molar-refractivity contribution in [2.24, 2.45) is 5.14 Å². The molecule has 10 heteroatoms. The second kappa shape index (κ2) is 8.61. The molecule has 0 fully saturated rings. The largest absolute Gasteiger partial charge is 0.482 e. The van der Waals surface area contributed by atoms with Crippen molar-refractivity contribution in [3.05, 3.63) is 101 Å². The van der Waals surface area contributed by atoms with Gasteiger partial charge in [-0.2, -0.15) is 5.10 Å². The van der Waals surface area contributed by atoms with Crippen molar-refractivity contribution >= 4 is 15.7 Å². The van der Waals surface area contributed by atoms with Crippen LogP contribution in [0.3, 0.4) is 0 Å². The van der Waals surface area contributed by atoms with Crippen LogP contribution >= 0.6 is 0 Å². The SMILES string of the molecule is NS(=O)(=O)c1ccc(OCc2cn(-c3ccccc3)nc2-c2ccccc2)c([N+](=O)[O-])c1. The van der Waals surface area contributed by atoms with E-state index in [4.69, 9.17) is 9.88 Å². The van der Waals surface area contributed by atoms with Crippen LogP contribution in [0.25, 0.3) is 16.9 Å². The highest BCUT2D eigenvalue weighted by Crippen LogP contribution is 2.31. The average Bonchev–Trinajstić information content (AvgIpc) is 3.22. The standard InChI is InChI=1S/C22H18N4O5S/c23-32(29,30)19-11-12-21(20(13-19)26(27)28)31-15-17-14-25(18-9-5-2-6-10-18)24-22(17)16-7-3-1-4-8-16/h1-14H,15H2,(H2,23,29,30). The first-order valence-electron chi connectivity index (χ1n) is 9.46. The first-order chi connectivity index (χ1) is 15.3. The van der Waals surface area contributed by atoms with Crippen molar-refractivity contribution in [2.45, 2.75) is 11.5 Å². The van der Waals surface area contributed by atoms with Gasteiger partial charge in [-0.15, -0.1) is 0 Å². The molecule has 9 nitrogen and oxygen atoms in total. The Bertz CT molecular complexity index is 1370. The number of benzene rings is 3. The van der Waals surface area contributed by atoms with Gasteiger partial charge in [0, 0.05) is 23.4 Å². The van der Waals surface area contributed by atoms with Gasteiger partial charge in [0.05, 0.1) is 21.2 Å². The molecule has 0 aliphatic rings. The van der Waals surface area contributed by atoms with Crippen molar-refractivity contribution in [2.75, 3.05) is 0 Å². The molecule has 0 bridgehead atoms. The Morgan fingerprint density at radius 1 is 1.00 bits per heavy atom. The molecule has 0 radical (unpaired) electrons. The topological polar surface area (TPSA) is 130 Å². The summed E-state index contributed by atoms with van der Waals surface area (Å²) < 4.78 is 30.5. The fraction of sp³-hybridized carbons (Fsp3) is 0.0455. The molecular weight excluding hydrogens is 432 g/mol. The number of para-hydroxylation sites is 1. The van der Waals surface area contributed by atoms with Crippen molar-refractivity contribution in [1.29, 1.82) is 0 Å². The number of nitro benzene ring substituents is 1. The smallest absolute Gasteiger partial charge is 0.312 e. The summed E-state index contributed by atoms with van der Waals surface area (Å²) in [5, 5.41) is 21.2. The molecule has 0 saturated carbocycles. The molecule has 1 heterocycles. The molecule has 2 N–H and O–H groups in total. The number of sulfonamides is 1. The van der Waals surface area contributed by atoms with Crippen LogP contribution < -0.4 is 9.88 Å². The molecular formula is C22H18N4O5S. The lowest BCUT2D eigenvalue weighted by Crippen LogP contribution is -2.12. The summed E-state index contributed by atoms with van der Waals surface area (Å²) in [6.45, 7) is -0.0212. The zero-order chi connectivity index (χ0) is 22.7. The predicted octanol–water partition coefficient (Wildman–Crippen LogP) is 3.67. The van der Waals surface area contributed by atoms with Gasteiger partial charge in [-0.25, -0.2) is 18.2 Å². The van der Waals surface area contributed by atoms with Crippen LogP contribution in [0, 0.1) is 10.1 Å². The quantitative estimate of drug-likeness (QED) is 0.338. The lowest BCUT2D eigenvalue weighted by atomic mass is 10.1. The third kappa shape index (κ3) is 4.51. The number of hydrogen-bond donors (Lipinski definition) is 1. The molecule has 0 aliphatic heterocycles. The molecule has 32 heavy (non-hydrogen) atoms. The predicted molar refractivity (Wildman–Crippen MR) is 118 cm³/mol. The van der Waals surface area contributed by atoms with Gasteiger partial charge in [0.2, 0.25) is 10.0 Å². The molecule has 4 rings (SSSR count). The maximum Gasteiger partial charge on any atom is 0.312 e. The van der Waals surface area contributed by atoms with Crippen LogP contribution in [0.15, 0.2) is 90.0 Å². The fourth-order valence-corrected chi connectivity index (χ4v) is 3.70. The maximum absolute atomic E-state index is 11.5. The zero-order valence-corrected chi connectivity index (χ0v) is 17.5. The van der Waals surface area contributed by atoms with Gasteiger partial charge in [0.1, 0.15) is 6.61 Å². The number of aromatic nitrogens is 2. The summed E-state index contributed by atoms with van der Waals surface area (Å²) in [6, 6.07) is 22.3. The summed E-state index contributed by atoms with van der Waals surface area (Å²) >= 11 is 0. The van der Waals surface area contributed by atoms with Crippen molar-refractivity contribution in [3.63, 3.8) is 0 Å². The number of ether oxygens (including phenoxy) is 1. The molecule has 1 aromatic heterocycles. The summed E-state index contributed by atoms with van der Waals surface area (Å²) in [7, 11) is -4.09. The molecule has 0 atom stereocenters. The van der Waals surface area contributed by atoms with Crippen LogP contribution in [-0.2, 0) is 16.6 Å². The lowest BCUT2D eigenvalue weighted by molar-refractivity contribution is -0.386. The van der Waals surface area contributed by atoms with Crippen LogP contribution in [0.2, 0.25) is 0 Å². The van der Waals surface area contributed by atoms with Gasteiger partial charge in [-0.1, -0.05) is 48.5 Å². The Morgan fingerprint density at radius 3 is 2.28 bits per heavy atom. The van der Waals surface area contributed by atoms with Gasteiger partial charge in [0.25, 0.3) is 0 Å². The molecule has 4 aromatic rings. The Kier molecular flexibility index (Phi) is 5.71. The minimum Gasteiger partial charge on any atom is -0.482 e. The van der Waals surface area contributed by atoms with Crippen LogP contribution in [-0.4, -0.2) is 23.1 Å². The first-order valence-corrected chi connectivity index (χ1v) is 11.0. The van der Waals surface area contributed by atoms with E-state index in [-0.39, 0.29) is 17.3 Å². The van der Waals surface area contributed by atoms with E-state index in [0.717, 1.165) is 17.3 Å². The number of hydrogen-bond acceptors (Lipinski definition) is 6. The number of nitrogens with two attached hydrogens (primary N) is 1. The molecule has 0 spiro atoms. The van der Waals surface area contributed by atoms with Crippen LogP contribution in [0.1, 0.15) is 5.56 Å². The zero-order valence-electron chi connectivity index (χ0n) is 16.7. The molecule has 0 aliphatic carbocycles. The van der Waals surface area contributed by atoms with E-state index in [9.17, 15) is 18.5 Å². The average molecular weight is 450 g/mol. The van der Waals surface area contributed by atoms with Crippen molar-refractivity contribution in [3.8, 4) is 22.7 Å². The normalized spacial score (nSPS) is 11.3. The third-order valence-corrected chi connectivity index (χ3v) is 5.61. The van der Waals surface area contributed by atoms with E-state index < -0.39 is 20.6 Å². The van der Waals surface area contributed by atoms with E-state index in [1.54, 1.807) is 10.9 Å². The van der Waals surface area contributed by atoms with Gasteiger partial charge in [-0.3, -0.25) is 10.1 Å². The highest BCUT2D eigenvalue weighted by Gasteiger charge is 2.21. The molecule has 0 amide bonds. The monoisotopic (exact) mass is 450 g/mol. The van der Waals surface area contributed by atoms with Gasteiger partial charge in [0.15, 0.2) is 5.75 Å². The lowest BCUT2D eigenvalue weighted by Gasteiger charge is -2.08. The Labute approximate surface area is 183 Å². The van der Waals surface area contributed by atoms with Crippen LogP contribution in [0.4, 0.5) is 5.69 Å². The Morgan fingerprint density at radius 2 is 1.66 bits per heavy atom. The van der Waals surface area contributed by atoms with Crippen molar-refractivity contribution < 1.29 is 18.1 Å². The van der Waals surface area contributed by atoms with E-state index in [1.165, 1.54) is 12.1 Å². The second-order valence-corrected chi connectivity index (χ2v) is 8.43. The van der Waals surface area contributed by atoms with Gasteiger partial charge in [-0.05, 0) is 24.3 Å². The molecule has 3 aromatic carbocycles. The molecule has 0 saturated heterocycles. The molecule has 0 unspecified atom stereocenters. The summed E-state index contributed by atoms with van der Waals surface area (Å²) in [5.74, 6) is -0.0751. The van der Waals surface area contributed by atoms with Gasteiger partial charge < -0.3 is 4.74 Å². The summed E-state index contributed by atoms with van der Waals surface area (Å²) in [4.78, 5) is 10.4. The van der Waals surface area contributed by atoms with E-state index in [2.05, 4.69) is 5.10 Å². The summed E-state index contributed by atoms with van der Waals surface area (Å²) in [5.41, 5.74) is 2.58. The number of nitro groups is 1.